The lowest BCUT2D eigenvalue weighted by molar-refractivity contribution is -0.137. The van der Waals surface area contributed by atoms with Crippen LogP contribution in [0.4, 0.5) is 13.2 Å². The van der Waals surface area contributed by atoms with E-state index < -0.39 is 27.5 Å². The second-order valence-corrected chi connectivity index (χ2v) is 6.30. The van der Waals surface area contributed by atoms with Gasteiger partial charge in [-0.1, -0.05) is 18.2 Å². The zero-order valence-corrected chi connectivity index (χ0v) is 13.2. The average Bonchev–Trinajstić information content (AvgIpc) is 2.35. The largest absolute Gasteiger partial charge is 0.416 e. The van der Waals surface area contributed by atoms with Gasteiger partial charge in [0.15, 0.2) is 0 Å². The Kier molecular flexibility index (Phi) is 7.66. The fourth-order valence-corrected chi connectivity index (χ4v) is 2.69. The van der Waals surface area contributed by atoms with Gasteiger partial charge in [0.25, 0.3) is 0 Å². The Bertz CT molecular complexity index is 550. The molecule has 1 rings (SSSR count). The number of alkyl halides is 3. The molecule has 0 aliphatic rings. The van der Waals surface area contributed by atoms with Crippen molar-refractivity contribution < 1.29 is 21.6 Å². The highest BCUT2D eigenvalue weighted by Gasteiger charge is 2.30. The van der Waals surface area contributed by atoms with E-state index in [1.54, 1.807) is 14.0 Å². The van der Waals surface area contributed by atoms with Crippen molar-refractivity contribution >= 4 is 22.4 Å². The first-order chi connectivity index (χ1) is 9.14. The number of benzene rings is 1. The molecule has 0 radical (unpaired) electrons. The summed E-state index contributed by atoms with van der Waals surface area (Å²) in [6, 6.07) is 4.25. The van der Waals surface area contributed by atoms with Gasteiger partial charge in [-0.3, -0.25) is 0 Å². The van der Waals surface area contributed by atoms with Crippen molar-refractivity contribution in [2.24, 2.45) is 0 Å². The molecular formula is C12H18ClF3N2O2S. The molecule has 1 aromatic carbocycles. The smallest absolute Gasteiger partial charge is 0.316 e. The van der Waals surface area contributed by atoms with E-state index in [1.807, 2.05) is 0 Å². The Labute approximate surface area is 128 Å². The lowest BCUT2D eigenvalue weighted by Crippen LogP contribution is -2.37. The molecule has 0 aliphatic carbocycles. The molecule has 2 N–H and O–H groups in total. The third-order valence-corrected chi connectivity index (χ3v) is 4.03. The molecule has 21 heavy (non-hydrogen) atoms. The zero-order valence-electron chi connectivity index (χ0n) is 11.6. The Balaban J connectivity index is 0.00000400. The molecule has 0 fully saturated rings. The molecule has 0 saturated carbocycles. The predicted molar refractivity (Wildman–Crippen MR) is 77.8 cm³/mol. The number of sulfonamides is 1. The molecule has 0 aromatic heterocycles. The van der Waals surface area contributed by atoms with Crippen molar-refractivity contribution in [3.05, 3.63) is 35.4 Å². The van der Waals surface area contributed by atoms with Gasteiger partial charge in [-0.25, -0.2) is 13.1 Å². The third-order valence-electron chi connectivity index (χ3n) is 2.71. The second kappa shape index (κ2) is 7.98. The van der Waals surface area contributed by atoms with Crippen molar-refractivity contribution in [2.45, 2.75) is 24.9 Å². The quantitative estimate of drug-likeness (QED) is 0.830. The van der Waals surface area contributed by atoms with Crippen LogP contribution in [0.25, 0.3) is 0 Å². The minimum absolute atomic E-state index is 0. The molecule has 0 spiro atoms. The summed E-state index contributed by atoms with van der Waals surface area (Å²) in [5, 5.41) is 2.85. The maximum absolute atomic E-state index is 12.5. The van der Waals surface area contributed by atoms with Crippen molar-refractivity contribution in [3.8, 4) is 0 Å². The molecule has 0 bridgehead atoms. The fraction of sp³-hybridized carbons (Fsp3) is 0.500. The van der Waals surface area contributed by atoms with Crippen LogP contribution in [-0.2, 0) is 22.0 Å². The van der Waals surface area contributed by atoms with Gasteiger partial charge < -0.3 is 5.32 Å². The summed E-state index contributed by atoms with van der Waals surface area (Å²) in [7, 11) is -1.97. The lowest BCUT2D eigenvalue weighted by Gasteiger charge is -2.13. The van der Waals surface area contributed by atoms with Gasteiger partial charge in [-0.15, -0.1) is 12.4 Å². The topological polar surface area (TPSA) is 58.2 Å². The van der Waals surface area contributed by atoms with Crippen LogP contribution in [0.15, 0.2) is 24.3 Å². The monoisotopic (exact) mass is 346 g/mol. The molecule has 0 heterocycles. The minimum Gasteiger partial charge on any atom is -0.316 e. The van der Waals surface area contributed by atoms with Crippen LogP contribution < -0.4 is 10.0 Å². The van der Waals surface area contributed by atoms with Crippen molar-refractivity contribution in [1.82, 2.24) is 10.0 Å². The Morgan fingerprint density at radius 1 is 1.29 bits per heavy atom. The van der Waals surface area contributed by atoms with Crippen molar-refractivity contribution in [2.75, 3.05) is 13.6 Å². The maximum atomic E-state index is 12.5. The van der Waals surface area contributed by atoms with E-state index >= 15 is 0 Å². The van der Waals surface area contributed by atoms with Crippen LogP contribution in [-0.4, -0.2) is 28.1 Å². The van der Waals surface area contributed by atoms with E-state index in [0.717, 1.165) is 12.1 Å². The molecular weight excluding hydrogens is 329 g/mol. The first kappa shape index (κ1) is 20.2. The van der Waals surface area contributed by atoms with Crippen LogP contribution in [0.3, 0.4) is 0 Å². The van der Waals surface area contributed by atoms with Crippen LogP contribution in [0.5, 0.6) is 0 Å². The highest BCUT2D eigenvalue weighted by molar-refractivity contribution is 7.88. The Morgan fingerprint density at radius 2 is 1.90 bits per heavy atom. The molecule has 1 aromatic rings. The molecule has 0 amide bonds. The normalized spacial score (nSPS) is 13.6. The molecule has 1 atom stereocenters. The van der Waals surface area contributed by atoms with Gasteiger partial charge in [0.1, 0.15) is 0 Å². The van der Waals surface area contributed by atoms with Crippen LogP contribution in [0.2, 0.25) is 0 Å². The van der Waals surface area contributed by atoms with Crippen molar-refractivity contribution in [3.63, 3.8) is 0 Å². The highest BCUT2D eigenvalue weighted by atomic mass is 35.5. The van der Waals surface area contributed by atoms with E-state index in [2.05, 4.69) is 10.0 Å². The standard InChI is InChI=1S/C12H17F3N2O2S.ClH/c1-9(16-2)7-17-20(18,19)8-10-4-3-5-11(6-10)12(13,14)15;/h3-6,9,16-17H,7-8H2,1-2H3;1H. The van der Waals surface area contributed by atoms with Gasteiger partial charge in [-0.05, 0) is 25.6 Å². The summed E-state index contributed by atoms with van der Waals surface area (Å²) < 4.78 is 63.4. The number of hydrogen-bond acceptors (Lipinski definition) is 3. The first-order valence-corrected chi connectivity index (χ1v) is 7.60. The number of hydrogen-bond donors (Lipinski definition) is 2. The van der Waals surface area contributed by atoms with Gasteiger partial charge >= 0.3 is 6.18 Å². The van der Waals surface area contributed by atoms with Gasteiger partial charge in [0.05, 0.1) is 11.3 Å². The van der Waals surface area contributed by atoms with Gasteiger partial charge in [0.2, 0.25) is 10.0 Å². The summed E-state index contributed by atoms with van der Waals surface area (Å²) in [5.74, 6) is -0.479. The number of halogens is 4. The molecule has 9 heteroatoms. The van der Waals surface area contributed by atoms with Gasteiger partial charge in [0, 0.05) is 12.6 Å². The van der Waals surface area contributed by atoms with E-state index in [4.69, 9.17) is 0 Å². The molecule has 4 nitrogen and oxygen atoms in total. The summed E-state index contributed by atoms with van der Waals surface area (Å²) in [4.78, 5) is 0. The fourth-order valence-electron chi connectivity index (χ4n) is 1.46. The molecule has 1 unspecified atom stereocenters. The number of nitrogens with one attached hydrogen (secondary N) is 2. The van der Waals surface area contributed by atoms with Crippen LogP contribution >= 0.6 is 12.4 Å². The number of rotatable bonds is 6. The van der Waals surface area contributed by atoms with Crippen molar-refractivity contribution in [1.29, 1.82) is 0 Å². The van der Waals surface area contributed by atoms with E-state index in [0.29, 0.717) is 0 Å². The Morgan fingerprint density at radius 3 is 2.43 bits per heavy atom. The zero-order chi connectivity index (χ0) is 15.4. The first-order valence-electron chi connectivity index (χ1n) is 5.95. The van der Waals surface area contributed by atoms with E-state index in [1.165, 1.54) is 12.1 Å². The van der Waals surface area contributed by atoms with Crippen LogP contribution in [0, 0.1) is 0 Å². The van der Waals surface area contributed by atoms with Crippen LogP contribution in [0.1, 0.15) is 18.1 Å². The minimum atomic E-state index is -4.48. The van der Waals surface area contributed by atoms with E-state index in [9.17, 15) is 21.6 Å². The number of likely N-dealkylation sites (N-methyl/N-ethyl adjacent to an activating group) is 1. The average molecular weight is 347 g/mol. The summed E-state index contributed by atoms with van der Waals surface area (Å²) in [6.45, 7) is 1.96. The predicted octanol–water partition coefficient (Wildman–Crippen LogP) is 2.15. The SMILES string of the molecule is CNC(C)CNS(=O)(=O)Cc1cccc(C(F)(F)F)c1.Cl. The summed E-state index contributed by atoms with van der Waals surface area (Å²) in [6.07, 6.45) is -4.48. The summed E-state index contributed by atoms with van der Waals surface area (Å²) in [5.41, 5.74) is -0.752. The third kappa shape index (κ3) is 7.12. The molecule has 0 saturated heterocycles. The summed E-state index contributed by atoms with van der Waals surface area (Å²) >= 11 is 0. The van der Waals surface area contributed by atoms with Gasteiger partial charge in [-0.2, -0.15) is 13.2 Å². The lowest BCUT2D eigenvalue weighted by atomic mass is 10.1. The Hall–Kier alpha value is -0.830. The molecule has 0 aliphatic heterocycles. The second-order valence-electron chi connectivity index (χ2n) is 4.50. The highest BCUT2D eigenvalue weighted by Crippen LogP contribution is 2.29. The molecule has 122 valence electrons. The van der Waals surface area contributed by atoms with E-state index in [-0.39, 0.29) is 30.6 Å². The maximum Gasteiger partial charge on any atom is 0.416 e.